The van der Waals surface area contributed by atoms with Crippen molar-refractivity contribution in [2.45, 2.75) is 26.1 Å². The van der Waals surface area contributed by atoms with Crippen molar-refractivity contribution in [1.82, 2.24) is 14.9 Å². The second kappa shape index (κ2) is 7.52. The van der Waals surface area contributed by atoms with Crippen LogP contribution >= 0.6 is 0 Å². The number of carbonyl (C=O) groups is 1. The standard InChI is InChI=1S/C20H20F3N3O4/c1-4-10-16(25-18(28)14(17(10)27)19(29)30)9-5-6-11-12(7-9)24-13(8-26(2)3)15(11)20(21,22)23/h5-7,24H,4,8H2,1-3H3,(H,29,30)(H2,25,27,28). The smallest absolute Gasteiger partial charge is 0.418 e. The van der Waals surface area contributed by atoms with Gasteiger partial charge in [-0.15, -0.1) is 0 Å². The molecule has 0 saturated carbocycles. The predicted octanol–water partition coefficient (Wildman–Crippen LogP) is 3.57. The fourth-order valence-corrected chi connectivity index (χ4v) is 3.58. The van der Waals surface area contributed by atoms with Crippen molar-refractivity contribution in [3.8, 4) is 17.0 Å². The Kier molecular flexibility index (Phi) is 5.38. The second-order valence-electron chi connectivity index (χ2n) is 7.16. The lowest BCUT2D eigenvalue weighted by Gasteiger charge is -2.13. The average molecular weight is 423 g/mol. The maximum atomic E-state index is 13.7. The van der Waals surface area contributed by atoms with Gasteiger partial charge >= 0.3 is 12.1 Å². The summed E-state index contributed by atoms with van der Waals surface area (Å²) in [6, 6.07) is 4.13. The largest absolute Gasteiger partial charge is 0.506 e. The second-order valence-corrected chi connectivity index (χ2v) is 7.16. The molecule has 0 aliphatic carbocycles. The predicted molar refractivity (Wildman–Crippen MR) is 105 cm³/mol. The van der Waals surface area contributed by atoms with Crippen molar-refractivity contribution in [2.24, 2.45) is 0 Å². The molecule has 10 heteroatoms. The number of fused-ring (bicyclic) bond motifs is 1. The molecule has 4 N–H and O–H groups in total. The molecule has 2 heterocycles. The highest BCUT2D eigenvalue weighted by molar-refractivity contribution is 5.93. The highest BCUT2D eigenvalue weighted by Crippen LogP contribution is 2.40. The number of H-pyrrole nitrogens is 2. The van der Waals surface area contributed by atoms with Gasteiger partial charge in [-0.25, -0.2) is 4.79 Å². The van der Waals surface area contributed by atoms with Gasteiger partial charge in [-0.1, -0.05) is 19.1 Å². The summed E-state index contributed by atoms with van der Waals surface area (Å²) < 4.78 is 41.0. The third kappa shape index (κ3) is 3.65. The minimum absolute atomic E-state index is 0.00734. The summed E-state index contributed by atoms with van der Waals surface area (Å²) in [6.07, 6.45) is -4.37. The number of hydrogen-bond donors (Lipinski definition) is 4. The zero-order valence-electron chi connectivity index (χ0n) is 16.4. The lowest BCUT2D eigenvalue weighted by molar-refractivity contribution is -0.137. The van der Waals surface area contributed by atoms with Crippen LogP contribution in [0.1, 0.15) is 34.1 Å². The van der Waals surface area contributed by atoms with Gasteiger partial charge in [-0.2, -0.15) is 13.2 Å². The van der Waals surface area contributed by atoms with Crippen molar-refractivity contribution in [1.29, 1.82) is 0 Å². The highest BCUT2D eigenvalue weighted by Gasteiger charge is 2.37. The van der Waals surface area contributed by atoms with Crippen LogP contribution in [-0.2, 0) is 19.1 Å². The Bertz CT molecular complexity index is 1190. The molecule has 3 rings (SSSR count). The number of rotatable bonds is 5. The van der Waals surface area contributed by atoms with Crippen LogP contribution in [-0.4, -0.2) is 45.1 Å². The third-order valence-corrected chi connectivity index (χ3v) is 4.78. The number of benzene rings is 1. The summed E-state index contributed by atoms with van der Waals surface area (Å²) in [6.45, 7) is 1.70. The first-order valence-electron chi connectivity index (χ1n) is 9.04. The van der Waals surface area contributed by atoms with Crippen LogP contribution in [0, 0.1) is 0 Å². The van der Waals surface area contributed by atoms with Gasteiger partial charge in [-0.3, -0.25) is 4.79 Å². The van der Waals surface area contributed by atoms with Gasteiger partial charge in [0.05, 0.1) is 11.3 Å². The van der Waals surface area contributed by atoms with Crippen molar-refractivity contribution in [3.05, 3.63) is 50.9 Å². The van der Waals surface area contributed by atoms with Crippen LogP contribution in [0.15, 0.2) is 23.0 Å². The minimum atomic E-state index is -4.56. The van der Waals surface area contributed by atoms with Crippen LogP contribution in [0.2, 0.25) is 0 Å². The molecule has 0 saturated heterocycles. The zero-order valence-corrected chi connectivity index (χ0v) is 16.4. The molecule has 0 atom stereocenters. The van der Waals surface area contributed by atoms with E-state index >= 15 is 0 Å². The van der Waals surface area contributed by atoms with Crippen LogP contribution in [0.25, 0.3) is 22.2 Å². The molecule has 160 valence electrons. The number of carboxylic acids is 1. The van der Waals surface area contributed by atoms with Gasteiger partial charge < -0.3 is 25.1 Å². The number of carboxylic acid groups (broad SMARTS) is 1. The van der Waals surface area contributed by atoms with Gasteiger partial charge in [0.25, 0.3) is 5.56 Å². The van der Waals surface area contributed by atoms with E-state index in [4.69, 9.17) is 5.11 Å². The van der Waals surface area contributed by atoms with E-state index in [1.165, 1.54) is 18.2 Å². The molecule has 7 nitrogen and oxygen atoms in total. The monoisotopic (exact) mass is 423 g/mol. The Labute approximate surface area is 168 Å². The SMILES string of the molecule is CCc1c(-c2ccc3c(C(F)(F)F)c(CN(C)C)[nH]c3c2)[nH]c(=O)c(C(=O)O)c1O. The first-order valence-corrected chi connectivity index (χ1v) is 9.04. The number of pyridine rings is 1. The Morgan fingerprint density at radius 1 is 1.20 bits per heavy atom. The Morgan fingerprint density at radius 2 is 1.87 bits per heavy atom. The van der Waals surface area contributed by atoms with Crippen LogP contribution in [0.4, 0.5) is 13.2 Å². The van der Waals surface area contributed by atoms with E-state index in [0.717, 1.165) is 0 Å². The normalized spacial score (nSPS) is 12.1. The van der Waals surface area contributed by atoms with Gasteiger partial charge in [0.1, 0.15) is 5.75 Å². The molecular formula is C20H20F3N3O4. The highest BCUT2D eigenvalue weighted by atomic mass is 19.4. The number of aromatic carboxylic acids is 1. The van der Waals surface area contributed by atoms with Gasteiger partial charge in [0.2, 0.25) is 0 Å². The molecule has 0 amide bonds. The van der Waals surface area contributed by atoms with E-state index in [9.17, 15) is 27.9 Å². The molecule has 0 fully saturated rings. The van der Waals surface area contributed by atoms with Crippen LogP contribution in [0.5, 0.6) is 5.75 Å². The van der Waals surface area contributed by atoms with Crippen molar-refractivity contribution >= 4 is 16.9 Å². The molecular weight excluding hydrogens is 403 g/mol. The summed E-state index contributed by atoms with van der Waals surface area (Å²) >= 11 is 0. The number of nitrogens with zero attached hydrogens (tertiary/aromatic N) is 1. The topological polar surface area (TPSA) is 109 Å². The van der Waals surface area contributed by atoms with E-state index in [-0.39, 0.29) is 40.8 Å². The van der Waals surface area contributed by atoms with Gasteiger partial charge in [-0.05, 0) is 26.6 Å². The number of hydrogen-bond acceptors (Lipinski definition) is 4. The molecule has 0 aliphatic rings. The van der Waals surface area contributed by atoms with E-state index in [1.807, 2.05) is 0 Å². The van der Waals surface area contributed by atoms with Crippen molar-refractivity contribution in [2.75, 3.05) is 14.1 Å². The molecule has 0 bridgehead atoms. The van der Waals surface area contributed by atoms with Gasteiger partial charge in [0, 0.05) is 34.3 Å². The van der Waals surface area contributed by atoms with E-state index in [1.54, 1.807) is 25.9 Å². The number of nitrogens with one attached hydrogen (secondary N) is 2. The van der Waals surface area contributed by atoms with Crippen LogP contribution in [0.3, 0.4) is 0 Å². The third-order valence-electron chi connectivity index (χ3n) is 4.78. The number of aromatic nitrogens is 2. The molecule has 1 aromatic carbocycles. The van der Waals surface area contributed by atoms with E-state index < -0.39 is 34.6 Å². The Hall–Kier alpha value is -3.27. The summed E-state index contributed by atoms with van der Waals surface area (Å²) in [5, 5.41) is 19.4. The maximum Gasteiger partial charge on any atom is 0.418 e. The van der Waals surface area contributed by atoms with Gasteiger partial charge in [0.15, 0.2) is 5.56 Å². The van der Waals surface area contributed by atoms with Crippen molar-refractivity contribution in [3.63, 3.8) is 0 Å². The quantitative estimate of drug-likeness (QED) is 0.502. The van der Waals surface area contributed by atoms with Crippen LogP contribution < -0.4 is 5.56 Å². The molecule has 0 aliphatic heterocycles. The molecule has 0 radical (unpaired) electrons. The molecule has 0 unspecified atom stereocenters. The summed E-state index contributed by atoms with van der Waals surface area (Å²) in [7, 11) is 3.31. The number of halogens is 3. The first kappa shape index (κ1) is 21.4. The lowest BCUT2D eigenvalue weighted by atomic mass is 9.99. The lowest BCUT2D eigenvalue weighted by Crippen LogP contribution is -2.20. The Morgan fingerprint density at radius 3 is 2.40 bits per heavy atom. The zero-order chi connectivity index (χ0) is 22.4. The number of alkyl halides is 3. The first-order chi connectivity index (χ1) is 14.0. The average Bonchev–Trinajstić information content (AvgIpc) is 2.97. The molecule has 2 aromatic heterocycles. The fourth-order valence-electron chi connectivity index (χ4n) is 3.58. The number of aromatic hydroxyl groups is 1. The summed E-state index contributed by atoms with van der Waals surface area (Å²) in [5.74, 6) is -2.22. The number of aromatic amines is 2. The molecule has 0 spiro atoms. The summed E-state index contributed by atoms with van der Waals surface area (Å²) in [5.41, 5.74) is -1.63. The fraction of sp³-hybridized carbons (Fsp3) is 0.300. The van der Waals surface area contributed by atoms with E-state index in [2.05, 4.69) is 9.97 Å². The maximum absolute atomic E-state index is 13.7. The van der Waals surface area contributed by atoms with E-state index in [0.29, 0.717) is 5.56 Å². The molecule has 30 heavy (non-hydrogen) atoms. The Balaban J connectivity index is 2.27. The molecule has 3 aromatic rings. The summed E-state index contributed by atoms with van der Waals surface area (Å²) in [4.78, 5) is 30.3. The van der Waals surface area contributed by atoms with Crippen molar-refractivity contribution < 1.29 is 28.2 Å². The minimum Gasteiger partial charge on any atom is -0.506 e.